The summed E-state index contributed by atoms with van der Waals surface area (Å²) >= 11 is 12.6. The maximum atomic E-state index is 12.8. The summed E-state index contributed by atoms with van der Waals surface area (Å²) in [6.07, 6.45) is 3.29. The number of anilines is 1. The van der Waals surface area contributed by atoms with Gasteiger partial charge in [0.15, 0.2) is 0 Å². The highest BCUT2D eigenvalue weighted by Gasteiger charge is 2.28. The van der Waals surface area contributed by atoms with Crippen molar-refractivity contribution in [2.75, 3.05) is 44.2 Å². The summed E-state index contributed by atoms with van der Waals surface area (Å²) in [5, 5.41) is 2.29. The van der Waals surface area contributed by atoms with Gasteiger partial charge in [0, 0.05) is 38.1 Å². The minimum absolute atomic E-state index is 0.124. The van der Waals surface area contributed by atoms with Crippen molar-refractivity contribution in [2.24, 2.45) is 0 Å². The lowest BCUT2D eigenvalue weighted by atomic mass is 10.1. The van der Waals surface area contributed by atoms with Crippen LogP contribution in [-0.4, -0.2) is 60.0 Å². The fourth-order valence-electron chi connectivity index (χ4n) is 4.83. The first-order chi connectivity index (χ1) is 16.1. The Morgan fingerprint density at radius 1 is 0.879 bits per heavy atom. The van der Waals surface area contributed by atoms with E-state index in [4.69, 9.17) is 28.2 Å². The summed E-state index contributed by atoms with van der Waals surface area (Å²) < 4.78 is 0. The molecule has 7 heteroatoms. The van der Waals surface area contributed by atoms with E-state index in [1.54, 1.807) is 0 Å². The minimum Gasteiger partial charge on any atom is -0.368 e. The number of halogens is 2. The van der Waals surface area contributed by atoms with Gasteiger partial charge in [-0.1, -0.05) is 53.9 Å². The predicted molar refractivity (Wildman–Crippen MR) is 135 cm³/mol. The number of para-hydroxylation sites is 1. The molecule has 2 aromatic carbocycles. The molecule has 0 unspecified atom stereocenters. The van der Waals surface area contributed by atoms with Crippen molar-refractivity contribution in [3.05, 3.63) is 69.8 Å². The molecule has 0 bridgehead atoms. The summed E-state index contributed by atoms with van der Waals surface area (Å²) in [4.78, 5) is 24.3. The monoisotopic (exact) mass is 482 g/mol. The molecule has 2 aliphatic heterocycles. The van der Waals surface area contributed by atoms with Crippen LogP contribution in [-0.2, 0) is 6.54 Å². The van der Waals surface area contributed by atoms with Crippen LogP contribution in [0.3, 0.4) is 0 Å². The number of carbonyl (C=O) groups is 1. The van der Waals surface area contributed by atoms with E-state index in [2.05, 4.69) is 9.80 Å². The number of hydrogen-bond acceptors (Lipinski definition) is 4. The Balaban J connectivity index is 1.04. The number of benzene rings is 2. The molecule has 3 aromatic rings. The molecule has 33 heavy (non-hydrogen) atoms. The summed E-state index contributed by atoms with van der Waals surface area (Å²) in [5.41, 5.74) is 3.67. The number of carbonyl (C=O) groups excluding carboxylic acids is 1. The van der Waals surface area contributed by atoms with Crippen molar-refractivity contribution >= 4 is 45.7 Å². The van der Waals surface area contributed by atoms with Crippen molar-refractivity contribution in [2.45, 2.75) is 25.8 Å². The molecule has 172 valence electrons. The average Bonchev–Trinajstić information content (AvgIpc) is 3.14. The first-order valence-electron chi connectivity index (χ1n) is 11.7. The van der Waals surface area contributed by atoms with Gasteiger partial charge >= 0.3 is 0 Å². The van der Waals surface area contributed by atoms with Crippen LogP contribution in [0, 0.1) is 0 Å². The largest absolute Gasteiger partial charge is 0.368 e. The van der Waals surface area contributed by atoms with E-state index < -0.39 is 0 Å². The van der Waals surface area contributed by atoms with Gasteiger partial charge in [0.05, 0.1) is 39.1 Å². The van der Waals surface area contributed by atoms with Gasteiger partial charge in [0.2, 0.25) is 0 Å². The number of hydrogen-bond donors (Lipinski definition) is 0. The topological polar surface area (TPSA) is 39.7 Å². The molecule has 0 saturated carbocycles. The summed E-state index contributed by atoms with van der Waals surface area (Å²) in [5.74, 6) is 0.124. The van der Waals surface area contributed by atoms with Gasteiger partial charge < -0.3 is 9.80 Å². The van der Waals surface area contributed by atoms with Crippen LogP contribution in [0.25, 0.3) is 10.9 Å². The van der Waals surface area contributed by atoms with Gasteiger partial charge in [-0.3, -0.25) is 14.7 Å². The van der Waals surface area contributed by atoms with Crippen LogP contribution in [0.1, 0.15) is 35.3 Å². The zero-order valence-corrected chi connectivity index (χ0v) is 20.2. The lowest BCUT2D eigenvalue weighted by Gasteiger charge is -2.36. The number of unbranched alkanes of at least 4 members (excludes halogenated alkanes) is 2. The summed E-state index contributed by atoms with van der Waals surface area (Å²) in [7, 11) is 0. The Morgan fingerprint density at radius 2 is 1.67 bits per heavy atom. The predicted octanol–water partition coefficient (Wildman–Crippen LogP) is 5.49. The lowest BCUT2D eigenvalue weighted by Crippen LogP contribution is -2.46. The summed E-state index contributed by atoms with van der Waals surface area (Å²) in [6.45, 7) is 6.51. The molecular formula is C26H28Cl2N4O. The molecule has 5 nitrogen and oxygen atoms in total. The maximum Gasteiger partial charge on any atom is 0.256 e. The Labute approximate surface area is 204 Å². The molecule has 5 rings (SSSR count). The second-order valence-corrected chi connectivity index (χ2v) is 9.65. The molecular weight excluding hydrogens is 455 g/mol. The molecule has 0 radical (unpaired) electrons. The van der Waals surface area contributed by atoms with Crippen LogP contribution >= 0.6 is 23.2 Å². The zero-order chi connectivity index (χ0) is 22.8. The molecule has 0 atom stereocenters. The molecule has 1 fully saturated rings. The third kappa shape index (κ3) is 4.81. The van der Waals surface area contributed by atoms with E-state index >= 15 is 0 Å². The van der Waals surface area contributed by atoms with Crippen LogP contribution in [0.2, 0.25) is 10.0 Å². The molecule has 3 heterocycles. The second-order valence-electron chi connectivity index (χ2n) is 8.86. The van der Waals surface area contributed by atoms with E-state index in [1.807, 2.05) is 53.4 Å². The smallest absolute Gasteiger partial charge is 0.256 e. The van der Waals surface area contributed by atoms with Crippen LogP contribution in [0.4, 0.5) is 5.69 Å². The molecule has 0 spiro atoms. The summed E-state index contributed by atoms with van der Waals surface area (Å²) in [6, 6.07) is 15.8. The molecule has 1 amide bonds. The SMILES string of the molecule is O=C1c2cc3ccccc3nc2CN1CCCCCN1CCN(c2cccc(Cl)c2Cl)CC1. The zero-order valence-electron chi connectivity index (χ0n) is 18.6. The standard InChI is InChI=1S/C26H28Cl2N4O/c27-21-8-6-10-24(25(21)28)31-15-13-30(14-16-31)11-4-1-5-12-32-18-23-20(26(32)33)17-19-7-2-3-9-22(19)29-23/h2-3,6-10,17H,1,4-5,11-16,18H2. The minimum atomic E-state index is 0.124. The number of aromatic nitrogens is 1. The molecule has 1 aromatic heterocycles. The lowest BCUT2D eigenvalue weighted by molar-refractivity contribution is 0.0774. The van der Waals surface area contributed by atoms with E-state index in [0.717, 1.165) is 86.4 Å². The number of pyridine rings is 1. The highest BCUT2D eigenvalue weighted by Crippen LogP contribution is 2.33. The first-order valence-corrected chi connectivity index (χ1v) is 12.4. The second kappa shape index (κ2) is 9.88. The average molecular weight is 483 g/mol. The highest BCUT2D eigenvalue weighted by molar-refractivity contribution is 6.43. The van der Waals surface area contributed by atoms with Crippen molar-refractivity contribution < 1.29 is 4.79 Å². The van der Waals surface area contributed by atoms with Crippen LogP contribution in [0.15, 0.2) is 48.5 Å². The first kappa shape index (κ1) is 22.5. The fraction of sp³-hybridized carbons (Fsp3) is 0.385. The van der Waals surface area contributed by atoms with Gasteiger partial charge in [0.1, 0.15) is 0 Å². The Bertz CT molecular complexity index is 1160. The number of fused-ring (bicyclic) bond motifs is 2. The molecule has 0 N–H and O–H groups in total. The van der Waals surface area contributed by atoms with Crippen molar-refractivity contribution in [1.82, 2.24) is 14.8 Å². The van der Waals surface area contributed by atoms with Gasteiger partial charge in [-0.2, -0.15) is 0 Å². The third-order valence-corrected chi connectivity index (χ3v) is 7.52. The molecule has 1 saturated heterocycles. The van der Waals surface area contributed by atoms with E-state index in [-0.39, 0.29) is 5.91 Å². The quantitative estimate of drug-likeness (QED) is 0.417. The van der Waals surface area contributed by atoms with E-state index in [9.17, 15) is 4.79 Å². The Kier molecular flexibility index (Phi) is 6.72. The van der Waals surface area contributed by atoms with Gasteiger partial charge in [-0.25, -0.2) is 0 Å². The van der Waals surface area contributed by atoms with Crippen LogP contribution in [0.5, 0.6) is 0 Å². The van der Waals surface area contributed by atoms with Crippen LogP contribution < -0.4 is 4.90 Å². The number of nitrogens with zero attached hydrogens (tertiary/aromatic N) is 4. The number of rotatable bonds is 7. The van der Waals surface area contributed by atoms with Gasteiger partial charge in [-0.15, -0.1) is 0 Å². The molecule has 2 aliphatic rings. The van der Waals surface area contributed by atoms with Gasteiger partial charge in [-0.05, 0) is 43.7 Å². The normalized spacial score (nSPS) is 16.6. The number of piperazine rings is 1. The van der Waals surface area contributed by atoms with Crippen molar-refractivity contribution in [3.8, 4) is 0 Å². The van der Waals surface area contributed by atoms with Crippen molar-refractivity contribution in [3.63, 3.8) is 0 Å². The Morgan fingerprint density at radius 3 is 2.52 bits per heavy atom. The fourth-order valence-corrected chi connectivity index (χ4v) is 5.24. The maximum absolute atomic E-state index is 12.8. The molecule has 0 aliphatic carbocycles. The highest BCUT2D eigenvalue weighted by atomic mass is 35.5. The van der Waals surface area contributed by atoms with Crippen molar-refractivity contribution in [1.29, 1.82) is 0 Å². The van der Waals surface area contributed by atoms with Gasteiger partial charge in [0.25, 0.3) is 5.91 Å². The third-order valence-electron chi connectivity index (χ3n) is 6.71. The Hall–Kier alpha value is -2.34. The number of amides is 1. The van der Waals surface area contributed by atoms with E-state index in [1.165, 1.54) is 0 Å². The van der Waals surface area contributed by atoms with E-state index in [0.29, 0.717) is 16.6 Å².